The van der Waals surface area contributed by atoms with Crippen LogP contribution in [0, 0.1) is 0 Å². The lowest BCUT2D eigenvalue weighted by molar-refractivity contribution is -0.121. The third-order valence-corrected chi connectivity index (χ3v) is 1.99. The van der Waals surface area contributed by atoms with Gasteiger partial charge in [-0.1, -0.05) is 6.92 Å². The average Bonchev–Trinajstić information content (AvgIpc) is 2.32. The molecule has 1 N–H and O–H groups in total. The molecule has 0 radical (unpaired) electrons. The van der Waals surface area contributed by atoms with E-state index in [0.717, 1.165) is 13.0 Å². The molecular formula is C12H25NO4. The molecule has 0 aliphatic heterocycles. The van der Waals surface area contributed by atoms with Crippen molar-refractivity contribution in [2.45, 2.75) is 26.7 Å². The predicted molar refractivity (Wildman–Crippen MR) is 66.0 cm³/mol. The molecule has 0 rings (SSSR count). The molecule has 0 saturated heterocycles. The summed E-state index contributed by atoms with van der Waals surface area (Å²) < 4.78 is 15.7. The molecule has 0 aromatic heterocycles. The van der Waals surface area contributed by atoms with Crippen molar-refractivity contribution in [2.75, 3.05) is 46.2 Å². The Balaban J connectivity index is 3.01. The Morgan fingerprint density at radius 2 is 1.53 bits per heavy atom. The highest BCUT2D eigenvalue weighted by atomic mass is 16.5. The Hall–Kier alpha value is -0.650. The van der Waals surface area contributed by atoms with E-state index < -0.39 is 0 Å². The minimum Gasteiger partial charge on any atom is -0.379 e. The molecule has 0 aromatic carbocycles. The first-order valence-electron chi connectivity index (χ1n) is 6.31. The highest BCUT2D eigenvalue weighted by Crippen LogP contribution is 1.85. The smallest absolute Gasteiger partial charge is 0.220 e. The third kappa shape index (κ3) is 13.3. The summed E-state index contributed by atoms with van der Waals surface area (Å²) in [5.41, 5.74) is 0. The molecule has 0 spiro atoms. The molecule has 0 heterocycles. The Morgan fingerprint density at radius 1 is 0.941 bits per heavy atom. The fraction of sp³-hybridized carbons (Fsp3) is 0.917. The van der Waals surface area contributed by atoms with Crippen molar-refractivity contribution in [1.29, 1.82) is 0 Å². The van der Waals surface area contributed by atoms with Crippen molar-refractivity contribution in [3.05, 3.63) is 0 Å². The number of carbonyl (C=O) groups is 1. The van der Waals surface area contributed by atoms with E-state index in [4.69, 9.17) is 14.2 Å². The standard InChI is InChI=1S/C12H25NO4/c1-3-5-12(14)13-6-7-16-10-11-17-9-8-15-4-2/h3-11H2,1-2H3,(H,13,14). The van der Waals surface area contributed by atoms with E-state index in [0.29, 0.717) is 46.0 Å². The van der Waals surface area contributed by atoms with E-state index in [1.165, 1.54) is 0 Å². The number of hydrogen-bond acceptors (Lipinski definition) is 4. The Labute approximate surface area is 104 Å². The van der Waals surface area contributed by atoms with Gasteiger partial charge < -0.3 is 19.5 Å². The van der Waals surface area contributed by atoms with Crippen LogP contribution in [0.1, 0.15) is 26.7 Å². The number of amides is 1. The van der Waals surface area contributed by atoms with E-state index in [1.807, 2.05) is 13.8 Å². The van der Waals surface area contributed by atoms with Crippen LogP contribution in [0.5, 0.6) is 0 Å². The van der Waals surface area contributed by atoms with Gasteiger partial charge in [-0.3, -0.25) is 4.79 Å². The molecule has 0 aliphatic rings. The second kappa shape index (κ2) is 13.4. The number of ether oxygens (including phenoxy) is 3. The zero-order chi connectivity index (χ0) is 12.8. The van der Waals surface area contributed by atoms with Crippen molar-refractivity contribution >= 4 is 5.91 Å². The van der Waals surface area contributed by atoms with Crippen molar-refractivity contribution in [3.8, 4) is 0 Å². The minimum atomic E-state index is 0.0871. The maximum Gasteiger partial charge on any atom is 0.220 e. The van der Waals surface area contributed by atoms with E-state index in [9.17, 15) is 4.79 Å². The van der Waals surface area contributed by atoms with Crippen molar-refractivity contribution < 1.29 is 19.0 Å². The molecular weight excluding hydrogens is 222 g/mol. The van der Waals surface area contributed by atoms with E-state index >= 15 is 0 Å². The third-order valence-electron chi connectivity index (χ3n) is 1.99. The lowest BCUT2D eigenvalue weighted by atomic mass is 10.3. The molecule has 0 bridgehead atoms. The lowest BCUT2D eigenvalue weighted by Gasteiger charge is -2.07. The Morgan fingerprint density at radius 3 is 2.12 bits per heavy atom. The van der Waals surface area contributed by atoms with Crippen molar-refractivity contribution in [2.24, 2.45) is 0 Å². The van der Waals surface area contributed by atoms with Gasteiger partial charge in [0.05, 0.1) is 33.0 Å². The normalized spacial score (nSPS) is 10.5. The lowest BCUT2D eigenvalue weighted by Crippen LogP contribution is -2.27. The highest BCUT2D eigenvalue weighted by molar-refractivity contribution is 5.75. The first-order valence-corrected chi connectivity index (χ1v) is 6.31. The molecule has 0 fully saturated rings. The van der Waals surface area contributed by atoms with Crippen LogP contribution in [0.2, 0.25) is 0 Å². The monoisotopic (exact) mass is 247 g/mol. The predicted octanol–water partition coefficient (Wildman–Crippen LogP) is 0.972. The first-order chi connectivity index (χ1) is 8.31. The van der Waals surface area contributed by atoms with Gasteiger partial charge in [-0.15, -0.1) is 0 Å². The number of carbonyl (C=O) groups excluding carboxylic acids is 1. The fourth-order valence-electron chi connectivity index (χ4n) is 1.16. The molecule has 102 valence electrons. The summed E-state index contributed by atoms with van der Waals surface area (Å²) in [4.78, 5) is 11.1. The summed E-state index contributed by atoms with van der Waals surface area (Å²) in [6, 6.07) is 0. The summed E-state index contributed by atoms with van der Waals surface area (Å²) in [6.45, 7) is 8.10. The van der Waals surface area contributed by atoms with Crippen LogP contribution >= 0.6 is 0 Å². The number of hydrogen-bond donors (Lipinski definition) is 1. The van der Waals surface area contributed by atoms with Crippen LogP contribution in [0.15, 0.2) is 0 Å². The van der Waals surface area contributed by atoms with Crippen LogP contribution < -0.4 is 5.32 Å². The van der Waals surface area contributed by atoms with Gasteiger partial charge in [-0.05, 0) is 13.3 Å². The quantitative estimate of drug-likeness (QED) is 0.522. The van der Waals surface area contributed by atoms with Gasteiger partial charge in [0.25, 0.3) is 0 Å². The van der Waals surface area contributed by atoms with Crippen molar-refractivity contribution in [1.82, 2.24) is 5.32 Å². The molecule has 0 unspecified atom stereocenters. The maximum absolute atomic E-state index is 11.1. The molecule has 0 aromatic rings. The van der Waals surface area contributed by atoms with Gasteiger partial charge in [-0.2, -0.15) is 0 Å². The largest absolute Gasteiger partial charge is 0.379 e. The molecule has 0 aliphatic carbocycles. The van der Waals surface area contributed by atoms with Gasteiger partial charge in [-0.25, -0.2) is 0 Å². The number of rotatable bonds is 12. The summed E-state index contributed by atoms with van der Waals surface area (Å²) >= 11 is 0. The van der Waals surface area contributed by atoms with Gasteiger partial charge >= 0.3 is 0 Å². The summed E-state index contributed by atoms with van der Waals surface area (Å²) in [6.07, 6.45) is 1.46. The molecule has 5 heteroatoms. The minimum absolute atomic E-state index is 0.0871. The average molecular weight is 247 g/mol. The first kappa shape index (κ1) is 16.4. The van der Waals surface area contributed by atoms with Crippen molar-refractivity contribution in [3.63, 3.8) is 0 Å². The fourth-order valence-corrected chi connectivity index (χ4v) is 1.16. The van der Waals surface area contributed by atoms with Crippen LogP contribution in [-0.4, -0.2) is 52.1 Å². The van der Waals surface area contributed by atoms with Crippen LogP contribution in [0.4, 0.5) is 0 Å². The van der Waals surface area contributed by atoms with E-state index in [2.05, 4.69) is 5.32 Å². The summed E-state index contributed by atoms with van der Waals surface area (Å²) in [7, 11) is 0. The van der Waals surface area contributed by atoms with Crippen LogP contribution in [0.25, 0.3) is 0 Å². The molecule has 1 amide bonds. The molecule has 0 saturated carbocycles. The Bertz CT molecular complexity index is 176. The number of nitrogens with one attached hydrogen (secondary N) is 1. The topological polar surface area (TPSA) is 56.8 Å². The zero-order valence-corrected chi connectivity index (χ0v) is 11.0. The summed E-state index contributed by atoms with van der Waals surface area (Å²) in [5.74, 6) is 0.0871. The van der Waals surface area contributed by atoms with Gasteiger partial charge in [0.15, 0.2) is 0 Å². The molecule has 5 nitrogen and oxygen atoms in total. The summed E-state index contributed by atoms with van der Waals surface area (Å²) in [5, 5.41) is 2.78. The maximum atomic E-state index is 11.1. The zero-order valence-electron chi connectivity index (χ0n) is 11.0. The van der Waals surface area contributed by atoms with Gasteiger partial charge in [0, 0.05) is 19.6 Å². The van der Waals surface area contributed by atoms with Gasteiger partial charge in [0.1, 0.15) is 0 Å². The van der Waals surface area contributed by atoms with Gasteiger partial charge in [0.2, 0.25) is 5.91 Å². The SMILES string of the molecule is CCCC(=O)NCCOCCOCCOCC. The van der Waals surface area contributed by atoms with E-state index in [1.54, 1.807) is 0 Å². The van der Waals surface area contributed by atoms with Crippen LogP contribution in [-0.2, 0) is 19.0 Å². The second-order valence-corrected chi connectivity index (χ2v) is 3.52. The molecule has 0 atom stereocenters. The Kier molecular flexibility index (Phi) is 12.9. The highest BCUT2D eigenvalue weighted by Gasteiger charge is 1.97. The van der Waals surface area contributed by atoms with E-state index in [-0.39, 0.29) is 5.91 Å². The second-order valence-electron chi connectivity index (χ2n) is 3.52. The molecule has 17 heavy (non-hydrogen) atoms. The van der Waals surface area contributed by atoms with Crippen LogP contribution in [0.3, 0.4) is 0 Å².